The number of aromatic nitrogens is 2. The summed E-state index contributed by atoms with van der Waals surface area (Å²) in [6.45, 7) is 0.767. The van der Waals surface area contributed by atoms with Gasteiger partial charge in [0.25, 0.3) is 5.89 Å². The summed E-state index contributed by atoms with van der Waals surface area (Å²) in [5.41, 5.74) is 8.93. The Bertz CT molecular complexity index is 866. The summed E-state index contributed by atoms with van der Waals surface area (Å²) in [5, 5.41) is 4.03. The minimum Gasteiger partial charge on any atom is -0.484 e. The van der Waals surface area contributed by atoms with E-state index < -0.39 is 0 Å². The summed E-state index contributed by atoms with van der Waals surface area (Å²) in [6, 6.07) is 16.1. The number of nitrogens with zero attached hydrogens (tertiary/aromatic N) is 2. The Morgan fingerprint density at radius 1 is 1.04 bits per heavy atom. The number of ether oxygens (including phenoxy) is 1. The third-order valence-corrected chi connectivity index (χ3v) is 7.27. The Hall–Kier alpha value is -1.67. The molecule has 1 aromatic heterocycles. The highest BCUT2D eigenvalue weighted by molar-refractivity contribution is 8.16. The fourth-order valence-corrected chi connectivity index (χ4v) is 5.66. The number of hydrogen-bond acceptors (Lipinski definition) is 7. The molecule has 1 aliphatic heterocycles. The third-order valence-electron chi connectivity index (χ3n) is 4.26. The van der Waals surface area contributed by atoms with E-state index in [1.165, 1.54) is 23.5 Å². The topological polar surface area (TPSA) is 74.2 Å². The van der Waals surface area contributed by atoms with Crippen molar-refractivity contribution >= 4 is 35.9 Å². The predicted molar refractivity (Wildman–Crippen MR) is 118 cm³/mol. The molecule has 5 nitrogen and oxygen atoms in total. The summed E-state index contributed by atoms with van der Waals surface area (Å²) in [6.07, 6.45) is 1.30. The zero-order valence-corrected chi connectivity index (χ0v) is 17.7. The van der Waals surface area contributed by atoms with Gasteiger partial charge in [-0.25, -0.2) is 0 Å². The number of nitrogens with two attached hydrogens (primary N) is 1. The average Bonchev–Trinajstić information content (AvgIpc) is 3.22. The van der Waals surface area contributed by atoms with Gasteiger partial charge < -0.3 is 15.0 Å². The molecule has 1 saturated heterocycles. The molecule has 2 heterocycles. The van der Waals surface area contributed by atoms with Crippen molar-refractivity contribution in [2.45, 2.75) is 24.2 Å². The van der Waals surface area contributed by atoms with Gasteiger partial charge in [0.2, 0.25) is 5.82 Å². The highest BCUT2D eigenvalue weighted by atomic mass is 35.5. The van der Waals surface area contributed by atoms with Gasteiger partial charge in [-0.1, -0.05) is 41.6 Å². The van der Waals surface area contributed by atoms with Crippen molar-refractivity contribution < 1.29 is 9.26 Å². The van der Waals surface area contributed by atoms with Gasteiger partial charge in [-0.15, -0.1) is 35.9 Å². The smallest absolute Gasteiger partial charge is 0.264 e. The van der Waals surface area contributed by atoms with E-state index in [0.29, 0.717) is 22.8 Å². The first kappa shape index (κ1) is 21.0. The van der Waals surface area contributed by atoms with Crippen LogP contribution in [0, 0.1) is 0 Å². The normalized spacial score (nSPS) is 14.5. The predicted octanol–water partition coefficient (Wildman–Crippen LogP) is 5.06. The number of hydrogen-bond donors (Lipinski definition) is 1. The molecule has 0 radical (unpaired) electrons. The Morgan fingerprint density at radius 3 is 2.43 bits per heavy atom. The van der Waals surface area contributed by atoms with Crippen molar-refractivity contribution in [1.29, 1.82) is 0 Å². The first-order chi connectivity index (χ1) is 13.3. The third kappa shape index (κ3) is 5.23. The maximum atomic E-state index is 5.79. The Kier molecular flexibility index (Phi) is 7.67. The summed E-state index contributed by atoms with van der Waals surface area (Å²) in [5.74, 6) is 4.29. The highest BCUT2D eigenvalue weighted by Gasteiger charge is 2.16. The zero-order valence-electron chi connectivity index (χ0n) is 15.2. The highest BCUT2D eigenvalue weighted by Crippen LogP contribution is 2.43. The van der Waals surface area contributed by atoms with Crippen LogP contribution in [0.1, 0.15) is 28.0 Å². The molecule has 4 rings (SSSR count). The van der Waals surface area contributed by atoms with Crippen LogP contribution in [0.25, 0.3) is 11.4 Å². The molecule has 2 aromatic carbocycles. The average molecular weight is 436 g/mol. The van der Waals surface area contributed by atoms with Crippen LogP contribution in [0.15, 0.2) is 53.1 Å². The molecule has 0 aliphatic carbocycles. The maximum Gasteiger partial charge on any atom is 0.264 e. The van der Waals surface area contributed by atoms with Gasteiger partial charge in [-0.3, -0.25) is 0 Å². The molecule has 3 aromatic rings. The van der Waals surface area contributed by atoms with E-state index in [1.54, 1.807) is 0 Å². The molecule has 1 fully saturated rings. The van der Waals surface area contributed by atoms with E-state index in [2.05, 4.69) is 22.3 Å². The molecule has 28 heavy (non-hydrogen) atoms. The van der Waals surface area contributed by atoms with Crippen LogP contribution >= 0.6 is 35.9 Å². The summed E-state index contributed by atoms with van der Waals surface area (Å²) < 4.78 is 11.6. The van der Waals surface area contributed by atoms with Crippen LogP contribution in [0.4, 0.5) is 0 Å². The van der Waals surface area contributed by atoms with E-state index in [9.17, 15) is 0 Å². The summed E-state index contributed by atoms with van der Waals surface area (Å²) in [4.78, 5) is 4.40. The fraction of sp³-hybridized carbons (Fsp3) is 0.300. The molecule has 148 valence electrons. The molecule has 0 bridgehead atoms. The second-order valence-electron chi connectivity index (χ2n) is 6.20. The van der Waals surface area contributed by atoms with Gasteiger partial charge in [0.15, 0.2) is 6.61 Å². The van der Waals surface area contributed by atoms with Gasteiger partial charge >= 0.3 is 0 Å². The lowest BCUT2D eigenvalue weighted by molar-refractivity contribution is 0.243. The van der Waals surface area contributed by atoms with Gasteiger partial charge in [-0.2, -0.15) is 4.98 Å². The molecule has 0 atom stereocenters. The minimum atomic E-state index is 0. The lowest BCUT2D eigenvalue weighted by Crippen LogP contribution is -2.00. The van der Waals surface area contributed by atoms with Crippen molar-refractivity contribution in [3.8, 4) is 17.1 Å². The second kappa shape index (κ2) is 10.2. The monoisotopic (exact) mass is 435 g/mol. The van der Waals surface area contributed by atoms with E-state index >= 15 is 0 Å². The van der Waals surface area contributed by atoms with Gasteiger partial charge in [-0.05, 0) is 41.2 Å². The fourth-order valence-electron chi connectivity index (χ4n) is 2.77. The largest absolute Gasteiger partial charge is 0.484 e. The van der Waals surface area contributed by atoms with Gasteiger partial charge in [0, 0.05) is 12.1 Å². The number of halogens is 1. The van der Waals surface area contributed by atoms with Crippen LogP contribution in [-0.2, 0) is 13.2 Å². The summed E-state index contributed by atoms with van der Waals surface area (Å²) in [7, 11) is 0. The van der Waals surface area contributed by atoms with Crippen molar-refractivity contribution in [1.82, 2.24) is 10.1 Å². The molecule has 0 amide bonds. The van der Waals surface area contributed by atoms with Crippen LogP contribution in [0.5, 0.6) is 5.75 Å². The second-order valence-corrected chi connectivity index (χ2v) is 8.92. The lowest BCUT2D eigenvalue weighted by Gasteiger charge is -2.21. The number of rotatable bonds is 6. The van der Waals surface area contributed by atoms with E-state index in [4.69, 9.17) is 15.0 Å². The minimum absolute atomic E-state index is 0. The van der Waals surface area contributed by atoms with Crippen molar-refractivity contribution in [3.63, 3.8) is 0 Å². The molecule has 0 saturated carbocycles. The van der Waals surface area contributed by atoms with Crippen LogP contribution in [0.3, 0.4) is 0 Å². The first-order valence-electron chi connectivity index (χ1n) is 8.90. The standard InChI is InChI=1S/C20H21N3O2S2.ClH/c21-12-14-2-4-15(5-3-14)19-22-18(25-23-19)13-24-17-8-6-16(7-9-17)20-26-10-1-11-27-20;/h2-9,20H,1,10-13,21H2;1H. The van der Waals surface area contributed by atoms with Gasteiger partial charge in [0.05, 0.1) is 4.58 Å². The zero-order chi connectivity index (χ0) is 18.5. The molecule has 8 heteroatoms. The number of benzene rings is 2. The molecule has 0 spiro atoms. The maximum absolute atomic E-state index is 5.79. The molecule has 2 N–H and O–H groups in total. The lowest BCUT2D eigenvalue weighted by atomic mass is 10.1. The Labute approximate surface area is 179 Å². The SMILES string of the molecule is Cl.NCc1ccc(-c2noc(COc3ccc(C4SCCCS4)cc3)n2)cc1. The van der Waals surface area contributed by atoms with E-state index in [-0.39, 0.29) is 19.0 Å². The molecular weight excluding hydrogens is 414 g/mol. The first-order valence-corrected chi connectivity index (χ1v) is 11.0. The van der Waals surface area contributed by atoms with E-state index in [0.717, 1.165) is 16.9 Å². The molecule has 0 unspecified atom stereocenters. The Morgan fingerprint density at radius 2 is 1.75 bits per heavy atom. The van der Waals surface area contributed by atoms with Crippen molar-refractivity contribution in [3.05, 3.63) is 65.5 Å². The molecule has 1 aliphatic rings. The van der Waals surface area contributed by atoms with Crippen LogP contribution < -0.4 is 10.5 Å². The molecular formula is C20H22ClN3O2S2. The Balaban J connectivity index is 0.00000225. The van der Waals surface area contributed by atoms with Crippen molar-refractivity contribution in [2.75, 3.05) is 11.5 Å². The van der Waals surface area contributed by atoms with Crippen LogP contribution in [0.2, 0.25) is 0 Å². The van der Waals surface area contributed by atoms with Crippen molar-refractivity contribution in [2.24, 2.45) is 5.73 Å². The van der Waals surface area contributed by atoms with Crippen LogP contribution in [-0.4, -0.2) is 21.6 Å². The quantitative estimate of drug-likeness (QED) is 0.579. The summed E-state index contributed by atoms with van der Waals surface area (Å²) >= 11 is 4.03. The number of thioether (sulfide) groups is 2. The van der Waals surface area contributed by atoms with E-state index in [1.807, 2.05) is 59.9 Å². The van der Waals surface area contributed by atoms with Gasteiger partial charge in [0.1, 0.15) is 5.75 Å².